The minimum atomic E-state index is -1.08. The topological polar surface area (TPSA) is 43.4 Å². The van der Waals surface area contributed by atoms with Crippen LogP contribution in [0.1, 0.15) is 17.3 Å². The molecule has 3 nitrogen and oxygen atoms in total. The Bertz CT molecular complexity index is 371. The fourth-order valence-electron chi connectivity index (χ4n) is 0.979. The van der Waals surface area contributed by atoms with Crippen molar-refractivity contribution in [3.63, 3.8) is 0 Å². The van der Waals surface area contributed by atoms with Gasteiger partial charge in [0, 0.05) is 12.5 Å². The smallest absolute Gasteiger partial charge is 0.308 e. The lowest BCUT2D eigenvalue weighted by atomic mass is 10.1. The standard InChI is InChI=1S/C10H8Cl2O3/c1-6(13)15-8-4-2-7(3-5-8)9(14)10(11)12/h2-5,10H,1H3. The van der Waals surface area contributed by atoms with Crippen LogP contribution in [0.4, 0.5) is 0 Å². The van der Waals surface area contributed by atoms with E-state index in [4.69, 9.17) is 27.9 Å². The van der Waals surface area contributed by atoms with Crippen molar-refractivity contribution in [3.05, 3.63) is 29.8 Å². The predicted octanol–water partition coefficient (Wildman–Crippen LogP) is 2.60. The van der Waals surface area contributed by atoms with Gasteiger partial charge in [-0.25, -0.2) is 0 Å². The molecule has 80 valence electrons. The highest BCUT2D eigenvalue weighted by Gasteiger charge is 2.13. The van der Waals surface area contributed by atoms with Crippen molar-refractivity contribution < 1.29 is 14.3 Å². The van der Waals surface area contributed by atoms with E-state index in [0.29, 0.717) is 11.3 Å². The first kappa shape index (κ1) is 12.0. The molecular weight excluding hydrogens is 239 g/mol. The van der Waals surface area contributed by atoms with Gasteiger partial charge in [-0.15, -0.1) is 0 Å². The second-order valence-electron chi connectivity index (χ2n) is 2.78. The van der Waals surface area contributed by atoms with Crippen LogP contribution in [0.2, 0.25) is 0 Å². The second kappa shape index (κ2) is 5.14. The molecule has 1 aromatic carbocycles. The molecule has 0 N–H and O–H groups in total. The number of carbonyl (C=O) groups is 2. The quantitative estimate of drug-likeness (QED) is 0.357. The summed E-state index contributed by atoms with van der Waals surface area (Å²) in [5.41, 5.74) is 0.376. The third-order valence-electron chi connectivity index (χ3n) is 1.60. The Morgan fingerprint density at radius 2 is 1.73 bits per heavy atom. The third kappa shape index (κ3) is 3.53. The maximum atomic E-state index is 11.3. The first-order chi connectivity index (χ1) is 7.00. The molecular formula is C10H8Cl2O3. The molecule has 0 saturated heterocycles. The molecule has 0 aliphatic rings. The Balaban J connectivity index is 2.81. The van der Waals surface area contributed by atoms with Crippen molar-refractivity contribution in [1.29, 1.82) is 0 Å². The zero-order valence-corrected chi connectivity index (χ0v) is 9.38. The molecule has 0 unspecified atom stereocenters. The highest BCUT2D eigenvalue weighted by atomic mass is 35.5. The van der Waals surface area contributed by atoms with E-state index in [-0.39, 0.29) is 5.78 Å². The Kier molecular flexibility index (Phi) is 4.12. The molecule has 0 bridgehead atoms. The number of hydrogen-bond donors (Lipinski definition) is 0. The summed E-state index contributed by atoms with van der Waals surface area (Å²) in [5, 5.41) is 0. The van der Waals surface area contributed by atoms with Crippen LogP contribution in [0.5, 0.6) is 5.75 Å². The fourth-order valence-corrected chi connectivity index (χ4v) is 1.23. The van der Waals surface area contributed by atoms with E-state index in [1.54, 1.807) is 0 Å². The summed E-state index contributed by atoms with van der Waals surface area (Å²) in [6.45, 7) is 1.30. The summed E-state index contributed by atoms with van der Waals surface area (Å²) in [5.74, 6) is -0.422. The fraction of sp³-hybridized carbons (Fsp3) is 0.200. The SMILES string of the molecule is CC(=O)Oc1ccc(C(=O)C(Cl)Cl)cc1. The number of hydrogen-bond acceptors (Lipinski definition) is 3. The molecule has 0 spiro atoms. The minimum absolute atomic E-state index is 0.375. The van der Waals surface area contributed by atoms with E-state index in [9.17, 15) is 9.59 Å². The monoisotopic (exact) mass is 246 g/mol. The van der Waals surface area contributed by atoms with Gasteiger partial charge in [0.1, 0.15) is 5.75 Å². The third-order valence-corrected chi connectivity index (χ3v) is 2.00. The van der Waals surface area contributed by atoms with Crippen molar-refractivity contribution in [2.45, 2.75) is 11.8 Å². The largest absolute Gasteiger partial charge is 0.427 e. The summed E-state index contributed by atoms with van der Waals surface area (Å²) in [6.07, 6.45) is 0. The van der Waals surface area contributed by atoms with E-state index in [1.807, 2.05) is 0 Å². The predicted molar refractivity (Wildman–Crippen MR) is 57.6 cm³/mol. The van der Waals surface area contributed by atoms with E-state index in [0.717, 1.165) is 0 Å². The van der Waals surface area contributed by atoms with Gasteiger partial charge in [0.2, 0.25) is 0 Å². The van der Waals surface area contributed by atoms with Crippen LogP contribution >= 0.6 is 23.2 Å². The first-order valence-electron chi connectivity index (χ1n) is 4.11. The van der Waals surface area contributed by atoms with Crippen LogP contribution in [-0.2, 0) is 4.79 Å². The van der Waals surface area contributed by atoms with E-state index in [2.05, 4.69) is 0 Å². The van der Waals surface area contributed by atoms with Crippen molar-refractivity contribution >= 4 is 35.0 Å². The molecule has 0 saturated carbocycles. The van der Waals surface area contributed by atoms with Crippen LogP contribution in [0, 0.1) is 0 Å². The molecule has 1 rings (SSSR count). The Labute approximate surface area is 96.9 Å². The molecule has 5 heteroatoms. The lowest BCUT2D eigenvalue weighted by molar-refractivity contribution is -0.131. The average Bonchev–Trinajstić information content (AvgIpc) is 2.17. The maximum Gasteiger partial charge on any atom is 0.308 e. The molecule has 0 atom stereocenters. The van der Waals surface area contributed by atoms with Crippen LogP contribution < -0.4 is 4.74 Å². The normalized spacial score (nSPS) is 10.1. The maximum absolute atomic E-state index is 11.3. The van der Waals surface area contributed by atoms with Crippen LogP contribution in [-0.4, -0.2) is 16.6 Å². The molecule has 15 heavy (non-hydrogen) atoms. The first-order valence-corrected chi connectivity index (χ1v) is 4.99. The Hall–Kier alpha value is -1.06. The van der Waals surface area contributed by atoms with Gasteiger partial charge in [0.25, 0.3) is 0 Å². The summed E-state index contributed by atoms with van der Waals surface area (Å²) in [4.78, 5) is 20.8. The highest BCUT2D eigenvalue weighted by molar-refractivity contribution is 6.55. The highest BCUT2D eigenvalue weighted by Crippen LogP contribution is 2.16. The lowest BCUT2D eigenvalue weighted by Gasteiger charge is -2.03. The zero-order chi connectivity index (χ0) is 11.4. The van der Waals surface area contributed by atoms with Gasteiger partial charge in [-0.3, -0.25) is 9.59 Å². The van der Waals surface area contributed by atoms with Gasteiger partial charge in [0.05, 0.1) is 0 Å². The van der Waals surface area contributed by atoms with Crippen molar-refractivity contribution in [1.82, 2.24) is 0 Å². The van der Waals surface area contributed by atoms with Gasteiger partial charge >= 0.3 is 5.97 Å². The molecule has 0 heterocycles. The number of carbonyl (C=O) groups excluding carboxylic acids is 2. The van der Waals surface area contributed by atoms with Crippen molar-refractivity contribution in [2.24, 2.45) is 0 Å². The summed E-state index contributed by atoms with van der Waals surface area (Å²) in [7, 11) is 0. The van der Waals surface area contributed by atoms with Crippen LogP contribution in [0.25, 0.3) is 0 Å². The van der Waals surface area contributed by atoms with Gasteiger partial charge < -0.3 is 4.74 Å². The number of halogens is 2. The van der Waals surface area contributed by atoms with E-state index >= 15 is 0 Å². The zero-order valence-electron chi connectivity index (χ0n) is 7.87. The second-order valence-corrected chi connectivity index (χ2v) is 3.88. The molecule has 0 fully saturated rings. The molecule has 0 aromatic heterocycles. The average molecular weight is 247 g/mol. The Morgan fingerprint density at radius 1 is 1.20 bits per heavy atom. The number of rotatable bonds is 3. The van der Waals surface area contributed by atoms with Gasteiger partial charge in [-0.1, -0.05) is 23.2 Å². The van der Waals surface area contributed by atoms with Crippen molar-refractivity contribution in [3.8, 4) is 5.75 Å². The van der Waals surface area contributed by atoms with Crippen molar-refractivity contribution in [2.75, 3.05) is 0 Å². The van der Waals surface area contributed by atoms with Crippen LogP contribution in [0.15, 0.2) is 24.3 Å². The number of esters is 1. The molecule has 1 aromatic rings. The number of ether oxygens (including phenoxy) is 1. The van der Waals surface area contributed by atoms with Gasteiger partial charge in [-0.2, -0.15) is 0 Å². The van der Waals surface area contributed by atoms with E-state index in [1.165, 1.54) is 31.2 Å². The summed E-state index contributed by atoms with van der Waals surface area (Å²) < 4.78 is 4.79. The van der Waals surface area contributed by atoms with Crippen LogP contribution in [0.3, 0.4) is 0 Å². The number of alkyl halides is 2. The number of benzene rings is 1. The molecule has 0 radical (unpaired) electrons. The number of ketones is 1. The summed E-state index contributed by atoms with van der Waals surface area (Å²) >= 11 is 10.8. The Morgan fingerprint density at radius 3 is 2.13 bits per heavy atom. The molecule has 0 amide bonds. The lowest BCUT2D eigenvalue weighted by Crippen LogP contribution is -2.08. The molecule has 0 aliphatic heterocycles. The van der Waals surface area contributed by atoms with E-state index < -0.39 is 10.8 Å². The number of Topliss-reactive ketones (excluding diaryl/α,β-unsaturated/α-hetero) is 1. The summed E-state index contributed by atoms with van der Waals surface area (Å²) in [6, 6.07) is 6.01. The minimum Gasteiger partial charge on any atom is -0.427 e. The van der Waals surface area contributed by atoms with Gasteiger partial charge in [-0.05, 0) is 24.3 Å². The van der Waals surface area contributed by atoms with Gasteiger partial charge in [0.15, 0.2) is 10.6 Å². The molecule has 0 aliphatic carbocycles.